The van der Waals surface area contributed by atoms with Gasteiger partial charge in [-0.05, 0) is 48.2 Å². The molecule has 9 heteroatoms. The lowest BCUT2D eigenvalue weighted by molar-refractivity contribution is 0.0687. The molecular weight excluding hydrogens is 433 g/mol. The Morgan fingerprint density at radius 3 is 2.31 bits per heavy atom. The molecule has 0 saturated carbocycles. The molecule has 0 spiro atoms. The maximum absolute atomic E-state index is 13.0. The number of nitrogens with zero attached hydrogens (tertiary/aromatic N) is 2. The van der Waals surface area contributed by atoms with Gasteiger partial charge in [0.2, 0.25) is 15.7 Å². The SMILES string of the molecule is [C-]#[N+]c1c(-c2ccc(CCNS(=O)(=O)c3ccc(F)cc3)cc2)c(C(=O)O)n(C)c1CC. The Morgan fingerprint density at radius 2 is 1.78 bits per heavy atom. The largest absolute Gasteiger partial charge is 0.477 e. The van der Waals surface area contributed by atoms with Crippen molar-refractivity contribution in [2.24, 2.45) is 7.05 Å². The maximum atomic E-state index is 13.0. The van der Waals surface area contributed by atoms with Gasteiger partial charge in [0, 0.05) is 24.8 Å². The Bertz CT molecular complexity index is 1290. The van der Waals surface area contributed by atoms with Crippen LogP contribution in [0.4, 0.5) is 10.1 Å². The molecule has 0 amide bonds. The summed E-state index contributed by atoms with van der Waals surface area (Å²) in [6.07, 6.45) is 0.929. The Balaban J connectivity index is 1.79. The smallest absolute Gasteiger partial charge is 0.351 e. The highest BCUT2D eigenvalue weighted by Gasteiger charge is 2.25. The number of hydrogen-bond donors (Lipinski definition) is 2. The number of halogens is 1. The number of sulfonamides is 1. The summed E-state index contributed by atoms with van der Waals surface area (Å²) in [6.45, 7) is 9.54. The van der Waals surface area contributed by atoms with E-state index in [1.165, 1.54) is 12.1 Å². The molecule has 3 aromatic rings. The summed E-state index contributed by atoms with van der Waals surface area (Å²) in [7, 11) is -2.10. The van der Waals surface area contributed by atoms with Gasteiger partial charge in [-0.15, -0.1) is 0 Å². The van der Waals surface area contributed by atoms with Gasteiger partial charge in [-0.1, -0.05) is 31.2 Å². The van der Waals surface area contributed by atoms with E-state index in [4.69, 9.17) is 6.57 Å². The maximum Gasteiger partial charge on any atom is 0.351 e. The number of rotatable bonds is 8. The van der Waals surface area contributed by atoms with Crippen molar-refractivity contribution < 1.29 is 22.7 Å². The number of aromatic carboxylic acids is 1. The minimum absolute atomic E-state index is 0.0158. The standard InChI is InChI=1S/C23H22FN3O4S/c1-4-19-21(25-2)20(22(23(28)29)27(19)3)16-7-5-15(6-8-16)13-14-26-32(30,31)18-11-9-17(24)10-12-18/h5-12,26H,4,13-14H2,1,3H3,(H,28,29). The fraction of sp³-hybridized carbons (Fsp3) is 0.217. The first-order chi connectivity index (χ1) is 15.2. The third-order valence-electron chi connectivity index (χ3n) is 5.21. The van der Waals surface area contributed by atoms with Crippen LogP contribution in [-0.4, -0.2) is 30.6 Å². The summed E-state index contributed by atoms with van der Waals surface area (Å²) in [5.41, 5.74) is 2.88. The van der Waals surface area contributed by atoms with Gasteiger partial charge in [0.05, 0.1) is 11.5 Å². The van der Waals surface area contributed by atoms with Crippen LogP contribution in [0.25, 0.3) is 16.0 Å². The minimum Gasteiger partial charge on any atom is -0.477 e. The molecular formula is C23H22FN3O4S. The normalized spacial score (nSPS) is 11.3. The van der Waals surface area contributed by atoms with E-state index < -0.39 is 21.8 Å². The predicted octanol–water partition coefficient (Wildman–Crippen LogP) is 4.16. The zero-order valence-corrected chi connectivity index (χ0v) is 18.4. The molecule has 166 valence electrons. The second-order valence-corrected chi connectivity index (χ2v) is 8.91. The summed E-state index contributed by atoms with van der Waals surface area (Å²) in [5, 5.41) is 9.68. The second kappa shape index (κ2) is 9.34. The Labute approximate surface area is 186 Å². The van der Waals surface area contributed by atoms with Crippen LogP contribution >= 0.6 is 0 Å². The fourth-order valence-electron chi connectivity index (χ4n) is 3.63. The van der Waals surface area contributed by atoms with Crippen LogP contribution < -0.4 is 4.72 Å². The molecule has 2 aromatic carbocycles. The van der Waals surface area contributed by atoms with Gasteiger partial charge in [-0.25, -0.2) is 27.2 Å². The monoisotopic (exact) mass is 455 g/mol. The number of carboxylic acids is 1. The molecule has 0 fully saturated rings. The van der Waals surface area contributed by atoms with Gasteiger partial charge in [0.1, 0.15) is 11.5 Å². The average molecular weight is 456 g/mol. The van der Waals surface area contributed by atoms with Crippen molar-refractivity contribution >= 4 is 21.7 Å². The summed E-state index contributed by atoms with van der Waals surface area (Å²) in [6, 6.07) is 11.6. The van der Waals surface area contributed by atoms with Crippen LogP contribution in [0.1, 0.15) is 28.7 Å². The van der Waals surface area contributed by atoms with Crippen LogP contribution in [-0.2, 0) is 29.9 Å². The zero-order chi connectivity index (χ0) is 23.5. The Morgan fingerprint density at radius 1 is 1.16 bits per heavy atom. The Kier molecular flexibility index (Phi) is 6.77. The third kappa shape index (κ3) is 4.56. The van der Waals surface area contributed by atoms with Gasteiger partial charge >= 0.3 is 5.97 Å². The van der Waals surface area contributed by atoms with Gasteiger partial charge < -0.3 is 9.67 Å². The molecule has 0 aliphatic carbocycles. The van der Waals surface area contributed by atoms with Gasteiger partial charge in [-0.3, -0.25) is 0 Å². The molecule has 0 radical (unpaired) electrons. The van der Waals surface area contributed by atoms with Crippen LogP contribution in [0, 0.1) is 12.4 Å². The highest BCUT2D eigenvalue weighted by molar-refractivity contribution is 7.89. The first-order valence-corrected chi connectivity index (χ1v) is 11.3. The molecule has 7 nitrogen and oxygen atoms in total. The Hall–Kier alpha value is -3.48. The van der Waals surface area contributed by atoms with E-state index in [9.17, 15) is 22.7 Å². The molecule has 0 saturated heterocycles. The van der Waals surface area contributed by atoms with E-state index in [0.717, 1.165) is 17.7 Å². The van der Waals surface area contributed by atoms with Crippen molar-refractivity contribution in [3.8, 4) is 11.1 Å². The van der Waals surface area contributed by atoms with Gasteiger partial charge in [-0.2, -0.15) is 0 Å². The van der Waals surface area contributed by atoms with Crippen molar-refractivity contribution in [3.05, 3.63) is 82.7 Å². The predicted molar refractivity (Wildman–Crippen MR) is 119 cm³/mol. The summed E-state index contributed by atoms with van der Waals surface area (Å²) in [5.74, 6) is -1.62. The van der Waals surface area contributed by atoms with Crippen molar-refractivity contribution in [2.45, 2.75) is 24.7 Å². The molecule has 32 heavy (non-hydrogen) atoms. The molecule has 0 aliphatic rings. The summed E-state index contributed by atoms with van der Waals surface area (Å²) >= 11 is 0. The molecule has 0 aliphatic heterocycles. The van der Waals surface area contributed by atoms with Crippen LogP contribution in [0.2, 0.25) is 0 Å². The molecule has 0 atom stereocenters. The van der Waals surface area contributed by atoms with Crippen molar-refractivity contribution in [3.63, 3.8) is 0 Å². The highest BCUT2D eigenvalue weighted by atomic mass is 32.2. The number of nitrogens with one attached hydrogen (secondary N) is 1. The lowest BCUT2D eigenvalue weighted by atomic mass is 10.0. The first kappa shape index (κ1) is 23.2. The molecule has 1 heterocycles. The number of hydrogen-bond acceptors (Lipinski definition) is 3. The van der Waals surface area contributed by atoms with Crippen LogP contribution in [0.5, 0.6) is 0 Å². The average Bonchev–Trinajstić information content (AvgIpc) is 3.06. The molecule has 3 rings (SSSR count). The third-order valence-corrected chi connectivity index (χ3v) is 6.69. The molecule has 0 unspecified atom stereocenters. The van der Waals surface area contributed by atoms with E-state index in [1.807, 2.05) is 6.92 Å². The lowest BCUT2D eigenvalue weighted by Crippen LogP contribution is -2.26. The quantitative estimate of drug-likeness (QED) is 0.499. The van der Waals surface area contributed by atoms with E-state index in [0.29, 0.717) is 35.3 Å². The first-order valence-electron chi connectivity index (χ1n) is 9.86. The minimum atomic E-state index is -3.75. The van der Waals surface area contributed by atoms with E-state index >= 15 is 0 Å². The number of carboxylic acid groups (broad SMARTS) is 1. The summed E-state index contributed by atoms with van der Waals surface area (Å²) < 4.78 is 41.6. The van der Waals surface area contributed by atoms with E-state index in [-0.39, 0.29) is 17.1 Å². The van der Waals surface area contributed by atoms with Crippen molar-refractivity contribution in [2.75, 3.05) is 6.54 Å². The fourth-order valence-corrected chi connectivity index (χ4v) is 4.66. The molecule has 1 aromatic heterocycles. The van der Waals surface area contributed by atoms with Gasteiger partial charge in [0.25, 0.3) is 0 Å². The molecule has 0 bridgehead atoms. The zero-order valence-electron chi connectivity index (χ0n) is 17.6. The second-order valence-electron chi connectivity index (χ2n) is 7.15. The van der Waals surface area contributed by atoms with Crippen LogP contribution in [0.3, 0.4) is 0 Å². The topological polar surface area (TPSA) is 92.8 Å². The highest BCUT2D eigenvalue weighted by Crippen LogP contribution is 2.39. The number of aromatic nitrogens is 1. The van der Waals surface area contributed by atoms with Crippen molar-refractivity contribution in [1.29, 1.82) is 0 Å². The van der Waals surface area contributed by atoms with E-state index in [1.54, 1.807) is 35.9 Å². The number of carbonyl (C=O) groups is 1. The van der Waals surface area contributed by atoms with Gasteiger partial charge in [0.15, 0.2) is 0 Å². The summed E-state index contributed by atoms with van der Waals surface area (Å²) in [4.78, 5) is 15.4. The lowest BCUT2D eigenvalue weighted by Gasteiger charge is -2.08. The van der Waals surface area contributed by atoms with Crippen molar-refractivity contribution in [1.82, 2.24) is 9.29 Å². The number of benzene rings is 2. The van der Waals surface area contributed by atoms with E-state index in [2.05, 4.69) is 9.57 Å². The molecule has 2 N–H and O–H groups in total. The van der Waals surface area contributed by atoms with Crippen LogP contribution in [0.15, 0.2) is 53.4 Å².